The molecule has 0 radical (unpaired) electrons. The fourth-order valence-corrected chi connectivity index (χ4v) is 1.94. The Hall–Kier alpha value is -1.55. The summed E-state index contributed by atoms with van der Waals surface area (Å²) in [5, 5.41) is 8.92. The van der Waals surface area contributed by atoms with Crippen LogP contribution in [0.1, 0.15) is 5.56 Å². The van der Waals surface area contributed by atoms with Gasteiger partial charge in [-0.2, -0.15) is 0 Å². The van der Waals surface area contributed by atoms with E-state index in [1.807, 2.05) is 31.2 Å². The molecule has 1 aliphatic heterocycles. The Kier molecular flexibility index (Phi) is 3.10. The summed E-state index contributed by atoms with van der Waals surface area (Å²) in [7, 11) is 0. The number of anilines is 1. The molecule has 0 amide bonds. The molecule has 0 aliphatic carbocycles. The molecule has 0 bridgehead atoms. The van der Waals surface area contributed by atoms with E-state index in [2.05, 4.69) is 4.90 Å². The Morgan fingerprint density at radius 2 is 2.25 bits per heavy atom. The monoisotopic (exact) mass is 221 g/mol. The Labute approximate surface area is 94.4 Å². The Morgan fingerprint density at radius 3 is 2.94 bits per heavy atom. The minimum absolute atomic E-state index is 0.417. The fraction of sp³-hybridized carbons (Fsp3) is 0.417. The van der Waals surface area contributed by atoms with E-state index in [1.54, 1.807) is 0 Å². The van der Waals surface area contributed by atoms with Gasteiger partial charge in [0.15, 0.2) is 6.10 Å². The molecule has 86 valence electrons. The van der Waals surface area contributed by atoms with Gasteiger partial charge < -0.3 is 14.7 Å². The predicted molar refractivity (Wildman–Crippen MR) is 60.8 cm³/mol. The summed E-state index contributed by atoms with van der Waals surface area (Å²) in [5.41, 5.74) is 2.26. The van der Waals surface area contributed by atoms with Gasteiger partial charge in [0.25, 0.3) is 0 Å². The molecule has 2 rings (SSSR count). The van der Waals surface area contributed by atoms with Gasteiger partial charge in [0.05, 0.1) is 13.2 Å². The van der Waals surface area contributed by atoms with Crippen LogP contribution in [0, 0.1) is 6.92 Å². The second-order valence-corrected chi connectivity index (χ2v) is 3.93. The van der Waals surface area contributed by atoms with Crippen molar-refractivity contribution in [3.05, 3.63) is 29.8 Å². The zero-order valence-electron chi connectivity index (χ0n) is 9.22. The number of aliphatic carboxylic acids is 1. The largest absolute Gasteiger partial charge is 0.479 e. The summed E-state index contributed by atoms with van der Waals surface area (Å²) in [6, 6.07) is 7.99. The molecule has 1 N–H and O–H groups in total. The number of nitrogens with zero attached hydrogens (tertiary/aromatic N) is 1. The van der Waals surface area contributed by atoms with Gasteiger partial charge >= 0.3 is 5.97 Å². The van der Waals surface area contributed by atoms with Gasteiger partial charge in [0.2, 0.25) is 0 Å². The van der Waals surface area contributed by atoms with Gasteiger partial charge in [-0.3, -0.25) is 0 Å². The molecule has 1 aromatic rings. The van der Waals surface area contributed by atoms with Crippen molar-refractivity contribution in [3.63, 3.8) is 0 Å². The summed E-state index contributed by atoms with van der Waals surface area (Å²) in [4.78, 5) is 12.9. The Morgan fingerprint density at radius 1 is 1.50 bits per heavy atom. The predicted octanol–water partition coefficient (Wildman–Crippen LogP) is 1.28. The van der Waals surface area contributed by atoms with Gasteiger partial charge in [-0.05, 0) is 18.6 Å². The summed E-state index contributed by atoms with van der Waals surface area (Å²) in [6.07, 6.45) is -0.714. The maximum atomic E-state index is 10.9. The molecular weight excluding hydrogens is 206 g/mol. The molecule has 0 spiro atoms. The van der Waals surface area contributed by atoms with Gasteiger partial charge in [-0.1, -0.05) is 18.2 Å². The third kappa shape index (κ3) is 2.17. The Balaban J connectivity index is 2.16. The third-order valence-corrected chi connectivity index (χ3v) is 2.80. The van der Waals surface area contributed by atoms with Crippen molar-refractivity contribution in [2.75, 3.05) is 24.6 Å². The molecule has 1 aliphatic rings. The first-order valence-corrected chi connectivity index (χ1v) is 5.33. The lowest BCUT2D eigenvalue weighted by atomic mass is 10.1. The van der Waals surface area contributed by atoms with Gasteiger partial charge in [0, 0.05) is 12.2 Å². The minimum Gasteiger partial charge on any atom is -0.479 e. The first-order chi connectivity index (χ1) is 7.68. The van der Waals surface area contributed by atoms with Crippen molar-refractivity contribution < 1.29 is 14.6 Å². The first kappa shape index (κ1) is 11.0. The van der Waals surface area contributed by atoms with E-state index in [-0.39, 0.29) is 0 Å². The maximum absolute atomic E-state index is 10.9. The van der Waals surface area contributed by atoms with Crippen LogP contribution in [-0.4, -0.2) is 36.9 Å². The standard InChI is InChI=1S/C12H15NO3/c1-9-4-2-3-5-10(9)13-6-7-16-11(8-13)12(14)15/h2-5,11H,6-8H2,1H3,(H,14,15). The number of benzene rings is 1. The SMILES string of the molecule is Cc1ccccc1N1CCOC(C(=O)O)C1. The molecule has 1 unspecified atom stereocenters. The fourth-order valence-electron chi connectivity index (χ4n) is 1.94. The van der Waals surface area contributed by atoms with Crippen LogP contribution in [0.15, 0.2) is 24.3 Å². The lowest BCUT2D eigenvalue weighted by Gasteiger charge is -2.33. The molecule has 1 heterocycles. The molecule has 0 saturated carbocycles. The van der Waals surface area contributed by atoms with E-state index >= 15 is 0 Å². The van der Waals surface area contributed by atoms with Crippen molar-refractivity contribution in [2.45, 2.75) is 13.0 Å². The van der Waals surface area contributed by atoms with Crippen LogP contribution in [0.3, 0.4) is 0 Å². The number of hydrogen-bond acceptors (Lipinski definition) is 3. The maximum Gasteiger partial charge on any atom is 0.334 e. The van der Waals surface area contributed by atoms with Crippen LogP contribution in [0.2, 0.25) is 0 Å². The lowest BCUT2D eigenvalue weighted by molar-refractivity contribution is -0.150. The number of ether oxygens (including phenoxy) is 1. The van der Waals surface area contributed by atoms with Crippen LogP contribution in [-0.2, 0) is 9.53 Å². The summed E-state index contributed by atoms with van der Waals surface area (Å²) in [6.45, 7) is 3.65. The molecule has 4 heteroatoms. The van der Waals surface area contributed by atoms with Crippen LogP contribution < -0.4 is 4.90 Å². The van der Waals surface area contributed by atoms with Crippen LogP contribution in [0.4, 0.5) is 5.69 Å². The van der Waals surface area contributed by atoms with E-state index < -0.39 is 12.1 Å². The van der Waals surface area contributed by atoms with E-state index in [4.69, 9.17) is 9.84 Å². The first-order valence-electron chi connectivity index (χ1n) is 5.33. The highest BCUT2D eigenvalue weighted by Gasteiger charge is 2.26. The van der Waals surface area contributed by atoms with Crippen molar-refractivity contribution in [3.8, 4) is 0 Å². The average molecular weight is 221 g/mol. The third-order valence-electron chi connectivity index (χ3n) is 2.80. The number of hydrogen-bond donors (Lipinski definition) is 1. The van der Waals surface area contributed by atoms with Gasteiger partial charge in [0.1, 0.15) is 0 Å². The number of aryl methyl sites for hydroxylation is 1. The van der Waals surface area contributed by atoms with E-state index in [9.17, 15) is 4.79 Å². The zero-order chi connectivity index (χ0) is 11.5. The minimum atomic E-state index is -0.890. The van der Waals surface area contributed by atoms with Crippen LogP contribution in [0.5, 0.6) is 0 Å². The number of rotatable bonds is 2. The number of morpholine rings is 1. The second kappa shape index (κ2) is 4.53. The quantitative estimate of drug-likeness (QED) is 0.817. The number of carboxylic acid groups (broad SMARTS) is 1. The van der Waals surface area contributed by atoms with Crippen molar-refractivity contribution in [1.82, 2.24) is 0 Å². The van der Waals surface area contributed by atoms with E-state index in [0.717, 1.165) is 17.8 Å². The molecule has 1 fully saturated rings. The Bertz CT molecular complexity index is 392. The summed E-state index contributed by atoms with van der Waals surface area (Å²) < 4.78 is 5.19. The lowest BCUT2D eigenvalue weighted by Crippen LogP contribution is -2.46. The molecule has 16 heavy (non-hydrogen) atoms. The smallest absolute Gasteiger partial charge is 0.334 e. The molecule has 4 nitrogen and oxygen atoms in total. The molecule has 1 saturated heterocycles. The average Bonchev–Trinajstić information content (AvgIpc) is 2.30. The summed E-state index contributed by atoms with van der Waals surface area (Å²) >= 11 is 0. The summed E-state index contributed by atoms with van der Waals surface area (Å²) in [5.74, 6) is -0.890. The van der Waals surface area contributed by atoms with Crippen LogP contribution >= 0.6 is 0 Å². The van der Waals surface area contributed by atoms with Crippen molar-refractivity contribution in [1.29, 1.82) is 0 Å². The van der Waals surface area contributed by atoms with Crippen molar-refractivity contribution >= 4 is 11.7 Å². The zero-order valence-corrected chi connectivity index (χ0v) is 9.22. The number of carboxylic acids is 1. The highest BCUT2D eigenvalue weighted by atomic mass is 16.5. The van der Waals surface area contributed by atoms with E-state index in [1.165, 1.54) is 0 Å². The normalized spacial score (nSPS) is 20.8. The molecule has 1 aromatic carbocycles. The van der Waals surface area contributed by atoms with Crippen molar-refractivity contribution in [2.24, 2.45) is 0 Å². The van der Waals surface area contributed by atoms with Gasteiger partial charge in [-0.15, -0.1) is 0 Å². The highest BCUT2D eigenvalue weighted by molar-refractivity contribution is 5.73. The van der Waals surface area contributed by atoms with Crippen LogP contribution in [0.25, 0.3) is 0 Å². The topological polar surface area (TPSA) is 49.8 Å². The number of para-hydroxylation sites is 1. The second-order valence-electron chi connectivity index (χ2n) is 3.93. The molecule has 1 atom stereocenters. The number of carbonyl (C=O) groups is 1. The molecular formula is C12H15NO3. The highest BCUT2D eigenvalue weighted by Crippen LogP contribution is 2.21. The molecule has 0 aromatic heterocycles. The van der Waals surface area contributed by atoms with Gasteiger partial charge in [-0.25, -0.2) is 4.79 Å². The van der Waals surface area contributed by atoms with E-state index in [0.29, 0.717) is 13.2 Å².